The molecule has 12 heavy (non-hydrogen) atoms. The molecule has 1 saturated heterocycles. The number of hydrogen-bond acceptors (Lipinski definition) is 3. The minimum atomic E-state index is -0.972. The van der Waals surface area contributed by atoms with Gasteiger partial charge in [0.1, 0.15) is 6.10 Å². The van der Waals surface area contributed by atoms with Gasteiger partial charge in [-0.05, 0) is 6.42 Å². The summed E-state index contributed by atoms with van der Waals surface area (Å²) in [6.07, 6.45) is -0.815. The monoisotopic (exact) mass is 600 g/mol. The maximum atomic E-state index is 9.19. The van der Waals surface area contributed by atoms with Gasteiger partial charge in [-0.25, -0.2) is 0 Å². The van der Waals surface area contributed by atoms with E-state index in [0.717, 1.165) is 6.42 Å². The third-order valence-corrected chi connectivity index (χ3v) is 2.13. The Morgan fingerprint density at radius 1 is 1.25 bits per heavy atom. The van der Waals surface area contributed by atoms with Crippen LogP contribution in [0.15, 0.2) is 0 Å². The third kappa shape index (κ3) is 4.10. The van der Waals surface area contributed by atoms with Crippen molar-refractivity contribution in [2.45, 2.75) is 38.8 Å². The molecule has 0 aliphatic carbocycles. The zero-order valence-corrected chi connectivity index (χ0v) is 17.0. The molecule has 1 rings (SSSR count). The first-order valence-electron chi connectivity index (χ1n) is 3.68. The molecule has 1 fully saturated rings. The second-order valence-electron chi connectivity index (χ2n) is 2.82. The molecule has 4 atom stereocenters. The molecule has 4 unspecified atom stereocenters. The maximum absolute atomic E-state index is 9.19. The molecule has 1 aliphatic rings. The first-order valence-corrected chi connectivity index (χ1v) is 3.68. The van der Waals surface area contributed by atoms with E-state index in [1.807, 2.05) is 13.8 Å². The van der Waals surface area contributed by atoms with Gasteiger partial charge in [-0.2, -0.15) is 0 Å². The largest absolute Gasteiger partial charge is 0.387 e. The smallest absolute Gasteiger partial charge is 0.181 e. The van der Waals surface area contributed by atoms with Gasteiger partial charge < -0.3 is 14.9 Å². The first kappa shape index (κ1) is 17.2. The van der Waals surface area contributed by atoms with Gasteiger partial charge in [0.25, 0.3) is 0 Å². The molecule has 3 nitrogen and oxygen atoms in total. The Bertz CT molecular complexity index is 123. The van der Waals surface area contributed by atoms with Gasteiger partial charge in [-0.1, -0.05) is 13.8 Å². The summed E-state index contributed by atoms with van der Waals surface area (Å²) < 4.78 is 5.04. The summed E-state index contributed by atoms with van der Waals surface area (Å²) in [6.45, 7) is 3.86. The van der Waals surface area contributed by atoms with Gasteiger partial charge in [0.05, 0.1) is 6.10 Å². The van der Waals surface area contributed by atoms with Crippen molar-refractivity contribution in [2.75, 3.05) is 0 Å². The second kappa shape index (κ2) is 7.98. The zero-order chi connectivity index (χ0) is 7.72. The van der Waals surface area contributed by atoms with E-state index in [1.54, 1.807) is 0 Å². The third-order valence-electron chi connectivity index (χ3n) is 2.13. The molecule has 0 aromatic carbocycles. The SMILES string of the molecule is CCC1OC(O)C(O)C1C.[Ac].[Ac]. The summed E-state index contributed by atoms with van der Waals surface area (Å²) in [6, 6.07) is 0. The molecular formula is C7H14Ac2O3. The van der Waals surface area contributed by atoms with E-state index < -0.39 is 12.4 Å². The van der Waals surface area contributed by atoms with Crippen molar-refractivity contribution in [1.82, 2.24) is 0 Å². The molecule has 1 heterocycles. The van der Waals surface area contributed by atoms with Gasteiger partial charge in [0.15, 0.2) is 6.29 Å². The van der Waals surface area contributed by atoms with Crippen LogP contribution in [-0.2, 0) is 4.74 Å². The number of aliphatic hydroxyl groups excluding tert-OH is 2. The topological polar surface area (TPSA) is 49.7 Å². The van der Waals surface area contributed by atoms with Crippen LogP contribution >= 0.6 is 0 Å². The number of ether oxygens (including phenoxy) is 1. The average molecular weight is 600 g/mol. The molecule has 2 N–H and O–H groups in total. The normalized spacial score (nSPS) is 40.0. The minimum absolute atomic E-state index is 0. The van der Waals surface area contributed by atoms with Gasteiger partial charge in [0.2, 0.25) is 0 Å². The fourth-order valence-electron chi connectivity index (χ4n) is 1.33. The molecule has 66 valence electrons. The first-order chi connectivity index (χ1) is 4.66. The van der Waals surface area contributed by atoms with Crippen molar-refractivity contribution in [3.63, 3.8) is 0 Å². The van der Waals surface area contributed by atoms with Crippen molar-refractivity contribution >= 4 is 0 Å². The van der Waals surface area contributed by atoms with E-state index >= 15 is 0 Å². The molecule has 1 aliphatic heterocycles. The molecule has 0 saturated carbocycles. The maximum Gasteiger partial charge on any atom is 0.181 e. The molecule has 0 aromatic heterocycles. The number of aliphatic hydroxyl groups is 2. The molecule has 0 aromatic rings. The quantitative estimate of drug-likeness (QED) is 0.450. The van der Waals surface area contributed by atoms with Crippen LogP contribution in [-0.4, -0.2) is 28.7 Å². The standard InChI is InChI=1S/C7H14O3.2Ac/c1-3-5-4(2)6(8)7(9)10-5;;/h4-9H,3H2,1-2H3;;. The van der Waals surface area contributed by atoms with Crippen molar-refractivity contribution < 1.29 is 103 Å². The van der Waals surface area contributed by atoms with Crippen LogP contribution in [0.2, 0.25) is 0 Å². The minimum Gasteiger partial charge on any atom is -0.387 e. The van der Waals surface area contributed by atoms with E-state index in [0.29, 0.717) is 0 Å². The fourth-order valence-corrected chi connectivity index (χ4v) is 1.33. The van der Waals surface area contributed by atoms with Crippen LogP contribution in [0.25, 0.3) is 0 Å². The molecule has 0 bridgehead atoms. The van der Waals surface area contributed by atoms with Crippen molar-refractivity contribution in [3.05, 3.63) is 0 Å². The summed E-state index contributed by atoms with van der Waals surface area (Å²) >= 11 is 0. The zero-order valence-electron chi connectivity index (χ0n) is 7.47. The molecule has 5 heteroatoms. The van der Waals surface area contributed by atoms with Gasteiger partial charge in [-0.15, -0.1) is 0 Å². The van der Waals surface area contributed by atoms with Gasteiger partial charge >= 0.3 is 0 Å². The van der Waals surface area contributed by atoms with Crippen molar-refractivity contribution in [3.8, 4) is 0 Å². The van der Waals surface area contributed by atoms with E-state index in [9.17, 15) is 5.11 Å². The van der Waals surface area contributed by atoms with Crippen LogP contribution in [0, 0.1) is 94.0 Å². The summed E-state index contributed by atoms with van der Waals surface area (Å²) in [5, 5.41) is 18.2. The van der Waals surface area contributed by atoms with E-state index in [1.165, 1.54) is 0 Å². The molecule has 0 spiro atoms. The Morgan fingerprint density at radius 3 is 1.92 bits per heavy atom. The average Bonchev–Trinajstić information content (AvgIpc) is 2.17. The molecule has 2 radical (unpaired) electrons. The van der Waals surface area contributed by atoms with Crippen molar-refractivity contribution in [1.29, 1.82) is 0 Å². The van der Waals surface area contributed by atoms with E-state index in [2.05, 4.69) is 0 Å². The van der Waals surface area contributed by atoms with Crippen LogP contribution in [0.4, 0.5) is 0 Å². The predicted molar refractivity (Wildman–Crippen MR) is 36.3 cm³/mol. The van der Waals surface area contributed by atoms with Crippen LogP contribution in [0.1, 0.15) is 20.3 Å². The van der Waals surface area contributed by atoms with E-state index in [4.69, 9.17) is 9.84 Å². The summed E-state index contributed by atoms with van der Waals surface area (Å²) in [4.78, 5) is 0. The Balaban J connectivity index is 0. The van der Waals surface area contributed by atoms with Crippen LogP contribution in [0.5, 0.6) is 0 Å². The van der Waals surface area contributed by atoms with Crippen LogP contribution in [0.3, 0.4) is 0 Å². The van der Waals surface area contributed by atoms with Crippen molar-refractivity contribution in [2.24, 2.45) is 5.92 Å². The predicted octanol–water partition coefficient (Wildman–Crippen LogP) is 0.111. The Hall–Kier alpha value is 2.76. The molecule has 0 amide bonds. The number of hydrogen-bond donors (Lipinski definition) is 2. The summed E-state index contributed by atoms with van der Waals surface area (Å²) in [7, 11) is 0. The Kier molecular flexibility index (Phi) is 11.4. The summed E-state index contributed by atoms with van der Waals surface area (Å²) in [5.41, 5.74) is 0. The summed E-state index contributed by atoms with van der Waals surface area (Å²) in [5.74, 6) is 0.0556. The fraction of sp³-hybridized carbons (Fsp3) is 1.00. The van der Waals surface area contributed by atoms with Gasteiger partial charge in [-0.3, -0.25) is 0 Å². The van der Waals surface area contributed by atoms with Crippen LogP contribution < -0.4 is 0 Å². The Labute approximate surface area is 145 Å². The number of rotatable bonds is 1. The molecular weight excluding hydrogens is 586 g/mol. The Morgan fingerprint density at radius 2 is 1.75 bits per heavy atom. The van der Waals surface area contributed by atoms with Gasteiger partial charge in [0, 0.05) is 94.0 Å². The second-order valence-corrected chi connectivity index (χ2v) is 2.82. The van der Waals surface area contributed by atoms with E-state index in [-0.39, 0.29) is 100 Å².